The molecule has 1 rings (SSSR count). The van der Waals surface area contributed by atoms with Gasteiger partial charge in [0, 0.05) is 46.2 Å². The second-order valence-electron chi connectivity index (χ2n) is 4.67. The molecular formula is C13H25N3O. The smallest absolute Gasteiger partial charge is 0.219 e. The van der Waals surface area contributed by atoms with Gasteiger partial charge in [0.05, 0.1) is 0 Å². The van der Waals surface area contributed by atoms with Crippen molar-refractivity contribution in [3.8, 4) is 0 Å². The minimum atomic E-state index is 0.193. The molecule has 0 radical (unpaired) electrons. The summed E-state index contributed by atoms with van der Waals surface area (Å²) in [6.45, 7) is 14.4. The summed E-state index contributed by atoms with van der Waals surface area (Å²) in [6, 6.07) is 0. The number of amides is 1. The summed E-state index contributed by atoms with van der Waals surface area (Å²) >= 11 is 0. The maximum atomic E-state index is 11.3. The van der Waals surface area contributed by atoms with E-state index in [-0.39, 0.29) is 5.91 Å². The van der Waals surface area contributed by atoms with E-state index in [9.17, 15) is 4.79 Å². The molecule has 0 bridgehead atoms. The monoisotopic (exact) mass is 239 g/mol. The number of rotatable bonds is 5. The van der Waals surface area contributed by atoms with Gasteiger partial charge in [-0.3, -0.25) is 9.69 Å². The second-order valence-corrected chi connectivity index (χ2v) is 4.67. The normalized spacial score (nSPS) is 17.9. The lowest BCUT2D eigenvalue weighted by molar-refractivity contribution is -0.128. The molecule has 1 fully saturated rings. The molecule has 1 aliphatic heterocycles. The van der Waals surface area contributed by atoms with Crippen LogP contribution in [0.25, 0.3) is 0 Å². The number of hydrogen-bond donors (Lipinski definition) is 1. The molecule has 0 aliphatic carbocycles. The van der Waals surface area contributed by atoms with Crippen LogP contribution in [0.4, 0.5) is 0 Å². The van der Waals surface area contributed by atoms with Gasteiger partial charge in [-0.25, -0.2) is 0 Å². The quantitative estimate of drug-likeness (QED) is 0.718. The van der Waals surface area contributed by atoms with Crippen molar-refractivity contribution in [2.45, 2.75) is 20.3 Å². The SMILES string of the molecule is C=C(CNCC)CN1CCCN(C(C)=O)CC1. The van der Waals surface area contributed by atoms with E-state index in [1.807, 2.05) is 4.90 Å². The fourth-order valence-electron chi connectivity index (χ4n) is 2.12. The lowest BCUT2D eigenvalue weighted by Crippen LogP contribution is -2.35. The standard InChI is InChI=1S/C13H25N3O/c1-4-14-10-12(2)11-15-6-5-7-16(9-8-15)13(3)17/h14H,2,4-11H2,1,3H3. The minimum absolute atomic E-state index is 0.193. The van der Waals surface area contributed by atoms with Crippen LogP contribution in [0, 0.1) is 0 Å². The third-order valence-corrected chi connectivity index (χ3v) is 3.11. The third kappa shape index (κ3) is 5.33. The summed E-state index contributed by atoms with van der Waals surface area (Å²) in [5, 5.41) is 3.29. The van der Waals surface area contributed by atoms with Gasteiger partial charge < -0.3 is 10.2 Å². The van der Waals surface area contributed by atoms with Gasteiger partial charge in [0.25, 0.3) is 0 Å². The number of nitrogens with one attached hydrogen (secondary N) is 1. The van der Waals surface area contributed by atoms with E-state index in [1.54, 1.807) is 6.92 Å². The zero-order valence-corrected chi connectivity index (χ0v) is 11.2. The highest BCUT2D eigenvalue weighted by atomic mass is 16.2. The molecule has 0 atom stereocenters. The van der Waals surface area contributed by atoms with Gasteiger partial charge in [-0.1, -0.05) is 13.5 Å². The van der Waals surface area contributed by atoms with Crippen molar-refractivity contribution < 1.29 is 4.79 Å². The summed E-state index contributed by atoms with van der Waals surface area (Å²) in [5.41, 5.74) is 1.23. The van der Waals surface area contributed by atoms with Gasteiger partial charge >= 0.3 is 0 Å². The molecule has 0 aromatic rings. The Morgan fingerprint density at radius 2 is 2.06 bits per heavy atom. The van der Waals surface area contributed by atoms with E-state index in [1.165, 1.54) is 5.57 Å². The topological polar surface area (TPSA) is 35.6 Å². The van der Waals surface area contributed by atoms with E-state index in [0.717, 1.165) is 52.2 Å². The summed E-state index contributed by atoms with van der Waals surface area (Å²) in [5.74, 6) is 0.193. The molecule has 98 valence electrons. The Kier molecular flexibility index (Phi) is 6.22. The largest absolute Gasteiger partial charge is 0.342 e. The van der Waals surface area contributed by atoms with Crippen LogP contribution in [0.5, 0.6) is 0 Å². The average molecular weight is 239 g/mol. The van der Waals surface area contributed by atoms with Gasteiger partial charge in [0.2, 0.25) is 5.91 Å². The van der Waals surface area contributed by atoms with Crippen LogP contribution in [-0.2, 0) is 4.79 Å². The summed E-state index contributed by atoms with van der Waals surface area (Å²) in [6.07, 6.45) is 1.06. The fourth-order valence-corrected chi connectivity index (χ4v) is 2.12. The van der Waals surface area contributed by atoms with Gasteiger partial charge in [-0.2, -0.15) is 0 Å². The molecule has 0 saturated carbocycles. The predicted molar refractivity (Wildman–Crippen MR) is 71.0 cm³/mol. The number of hydrogen-bond acceptors (Lipinski definition) is 3. The number of likely N-dealkylation sites (N-methyl/N-ethyl adjacent to an activating group) is 1. The molecule has 1 N–H and O–H groups in total. The molecule has 0 aromatic carbocycles. The lowest BCUT2D eigenvalue weighted by Gasteiger charge is -2.22. The van der Waals surface area contributed by atoms with Crippen molar-refractivity contribution in [2.75, 3.05) is 45.8 Å². The highest BCUT2D eigenvalue weighted by Crippen LogP contribution is 2.05. The highest BCUT2D eigenvalue weighted by molar-refractivity contribution is 5.73. The first kappa shape index (κ1) is 14.2. The van der Waals surface area contributed by atoms with Crippen molar-refractivity contribution in [3.63, 3.8) is 0 Å². The van der Waals surface area contributed by atoms with Crippen molar-refractivity contribution in [3.05, 3.63) is 12.2 Å². The lowest BCUT2D eigenvalue weighted by atomic mass is 10.2. The highest BCUT2D eigenvalue weighted by Gasteiger charge is 2.16. The van der Waals surface area contributed by atoms with Gasteiger partial charge in [0.15, 0.2) is 0 Å². The predicted octanol–water partition coefficient (Wildman–Crippen LogP) is 0.706. The maximum absolute atomic E-state index is 11.3. The Hall–Kier alpha value is -0.870. The first-order chi connectivity index (χ1) is 8.13. The van der Waals surface area contributed by atoms with Gasteiger partial charge in [-0.15, -0.1) is 0 Å². The molecule has 0 spiro atoms. The summed E-state index contributed by atoms with van der Waals surface area (Å²) < 4.78 is 0. The zero-order valence-electron chi connectivity index (χ0n) is 11.2. The molecule has 1 saturated heterocycles. The fraction of sp³-hybridized carbons (Fsp3) is 0.769. The Bertz CT molecular complexity index is 265. The van der Waals surface area contributed by atoms with E-state index < -0.39 is 0 Å². The Morgan fingerprint density at radius 1 is 1.29 bits per heavy atom. The van der Waals surface area contributed by atoms with Crippen LogP contribution in [0.2, 0.25) is 0 Å². The van der Waals surface area contributed by atoms with Gasteiger partial charge in [0.1, 0.15) is 0 Å². The first-order valence-corrected chi connectivity index (χ1v) is 6.48. The summed E-state index contributed by atoms with van der Waals surface area (Å²) in [7, 11) is 0. The Labute approximate surface area is 105 Å². The van der Waals surface area contributed by atoms with Crippen LogP contribution in [0.15, 0.2) is 12.2 Å². The van der Waals surface area contributed by atoms with Gasteiger partial charge in [-0.05, 0) is 18.5 Å². The van der Waals surface area contributed by atoms with Crippen LogP contribution >= 0.6 is 0 Å². The van der Waals surface area contributed by atoms with E-state index in [0.29, 0.717) is 0 Å². The van der Waals surface area contributed by atoms with Crippen molar-refractivity contribution in [1.29, 1.82) is 0 Å². The minimum Gasteiger partial charge on any atom is -0.342 e. The molecule has 1 aliphatic rings. The number of nitrogens with zero attached hydrogens (tertiary/aromatic N) is 2. The molecule has 0 aromatic heterocycles. The molecule has 0 unspecified atom stereocenters. The van der Waals surface area contributed by atoms with E-state index in [4.69, 9.17) is 0 Å². The van der Waals surface area contributed by atoms with Crippen molar-refractivity contribution >= 4 is 5.91 Å². The Balaban J connectivity index is 2.31. The molecule has 1 amide bonds. The van der Waals surface area contributed by atoms with Crippen LogP contribution in [0.3, 0.4) is 0 Å². The van der Waals surface area contributed by atoms with Crippen LogP contribution in [-0.4, -0.2) is 61.5 Å². The Morgan fingerprint density at radius 3 is 2.71 bits per heavy atom. The van der Waals surface area contributed by atoms with Crippen molar-refractivity contribution in [1.82, 2.24) is 15.1 Å². The molecule has 17 heavy (non-hydrogen) atoms. The third-order valence-electron chi connectivity index (χ3n) is 3.11. The van der Waals surface area contributed by atoms with Crippen molar-refractivity contribution in [2.24, 2.45) is 0 Å². The van der Waals surface area contributed by atoms with Crippen LogP contribution in [0.1, 0.15) is 20.3 Å². The van der Waals surface area contributed by atoms with E-state index in [2.05, 4.69) is 23.7 Å². The molecule has 1 heterocycles. The molecule has 4 nitrogen and oxygen atoms in total. The average Bonchev–Trinajstić information content (AvgIpc) is 2.52. The number of carbonyl (C=O) groups excluding carboxylic acids is 1. The number of carbonyl (C=O) groups is 1. The maximum Gasteiger partial charge on any atom is 0.219 e. The van der Waals surface area contributed by atoms with E-state index >= 15 is 0 Å². The first-order valence-electron chi connectivity index (χ1n) is 6.48. The summed E-state index contributed by atoms with van der Waals surface area (Å²) in [4.78, 5) is 15.6. The molecular weight excluding hydrogens is 214 g/mol. The molecule has 4 heteroatoms. The second kappa shape index (κ2) is 7.45. The zero-order chi connectivity index (χ0) is 12.7. The van der Waals surface area contributed by atoms with Crippen LogP contribution < -0.4 is 5.32 Å².